The summed E-state index contributed by atoms with van der Waals surface area (Å²) in [7, 11) is 1.56. The molecule has 0 radical (unpaired) electrons. The van der Waals surface area contributed by atoms with Crippen LogP contribution >= 0.6 is 28.1 Å². The second-order valence-electron chi connectivity index (χ2n) is 5.88. The molecule has 3 N–H and O–H groups in total. The predicted octanol–water partition coefficient (Wildman–Crippen LogP) is 3.72. The van der Waals surface area contributed by atoms with Crippen LogP contribution in [0, 0.1) is 0 Å². The van der Waals surface area contributed by atoms with Crippen LogP contribution in [-0.2, 0) is 0 Å². The van der Waals surface area contributed by atoms with Gasteiger partial charge in [-0.3, -0.25) is 14.9 Å². The van der Waals surface area contributed by atoms with Crippen molar-refractivity contribution in [1.82, 2.24) is 10.6 Å². The van der Waals surface area contributed by atoms with Crippen LogP contribution < -0.4 is 20.7 Å². The number of benzene rings is 2. The molecule has 0 fully saturated rings. The second-order valence-corrected chi connectivity index (χ2v) is 7.14. The molecule has 0 spiro atoms. The lowest BCUT2D eigenvalue weighted by atomic mass is 10.2. The summed E-state index contributed by atoms with van der Waals surface area (Å²) in [5.74, 6) is 0.0992. The molecule has 0 atom stereocenters. The average Bonchev–Trinajstić information content (AvgIpc) is 2.62. The van der Waals surface area contributed by atoms with Crippen LogP contribution in [-0.4, -0.2) is 30.1 Å². The number of hydrogen-bond donors (Lipinski definition) is 3. The minimum absolute atomic E-state index is 0.0308. The molecular formula is C19H20BrN3O3S. The Labute approximate surface area is 171 Å². The molecule has 0 heterocycles. The first kappa shape index (κ1) is 20.9. The van der Waals surface area contributed by atoms with Crippen molar-refractivity contribution in [1.29, 1.82) is 0 Å². The molecule has 2 aromatic carbocycles. The number of halogens is 1. The van der Waals surface area contributed by atoms with Gasteiger partial charge >= 0.3 is 0 Å². The second kappa shape index (κ2) is 9.48. The van der Waals surface area contributed by atoms with Crippen LogP contribution in [0.25, 0.3) is 0 Å². The van der Waals surface area contributed by atoms with Crippen molar-refractivity contribution >= 4 is 50.8 Å². The number of amides is 2. The summed E-state index contributed by atoms with van der Waals surface area (Å²) < 4.78 is 6.31. The van der Waals surface area contributed by atoms with Crippen molar-refractivity contribution < 1.29 is 14.3 Å². The highest BCUT2D eigenvalue weighted by Crippen LogP contribution is 2.27. The Morgan fingerprint density at radius 2 is 1.78 bits per heavy atom. The monoisotopic (exact) mass is 449 g/mol. The van der Waals surface area contributed by atoms with E-state index in [1.165, 1.54) is 0 Å². The summed E-state index contributed by atoms with van der Waals surface area (Å²) in [5, 5.41) is 8.20. The Balaban J connectivity index is 2.02. The molecule has 0 aliphatic rings. The molecule has 0 saturated carbocycles. The van der Waals surface area contributed by atoms with Gasteiger partial charge in [-0.05, 0) is 78.4 Å². The first-order valence-corrected chi connectivity index (χ1v) is 9.41. The lowest BCUT2D eigenvalue weighted by Gasteiger charge is -2.13. The zero-order valence-corrected chi connectivity index (χ0v) is 17.5. The minimum atomic E-state index is -0.355. The molecule has 0 saturated heterocycles. The molecule has 0 aromatic heterocycles. The van der Waals surface area contributed by atoms with Gasteiger partial charge in [0.25, 0.3) is 11.8 Å². The molecule has 2 aromatic rings. The zero-order chi connectivity index (χ0) is 20.0. The van der Waals surface area contributed by atoms with Crippen LogP contribution in [0.1, 0.15) is 34.6 Å². The van der Waals surface area contributed by atoms with E-state index in [0.29, 0.717) is 27.0 Å². The molecule has 142 valence electrons. The summed E-state index contributed by atoms with van der Waals surface area (Å²) in [4.78, 5) is 24.1. The van der Waals surface area contributed by atoms with E-state index < -0.39 is 0 Å². The Morgan fingerprint density at radius 1 is 1.07 bits per heavy atom. The first-order chi connectivity index (χ1) is 12.8. The van der Waals surface area contributed by atoms with Gasteiger partial charge < -0.3 is 15.4 Å². The number of nitrogens with one attached hydrogen (secondary N) is 3. The van der Waals surface area contributed by atoms with Crippen molar-refractivity contribution in [3.63, 3.8) is 0 Å². The van der Waals surface area contributed by atoms with Crippen molar-refractivity contribution in [2.45, 2.75) is 20.0 Å². The summed E-state index contributed by atoms with van der Waals surface area (Å²) in [6, 6.07) is 11.9. The number of carbonyl (C=O) groups is 2. The third-order valence-electron chi connectivity index (χ3n) is 3.39. The minimum Gasteiger partial charge on any atom is -0.490 e. The maximum Gasteiger partial charge on any atom is 0.257 e. The number of carbonyl (C=O) groups excluding carboxylic acids is 2. The van der Waals surface area contributed by atoms with E-state index in [1.807, 2.05) is 13.8 Å². The third-order valence-corrected chi connectivity index (χ3v) is 4.22. The van der Waals surface area contributed by atoms with Crippen LogP contribution in [0.5, 0.6) is 5.75 Å². The highest BCUT2D eigenvalue weighted by Gasteiger charge is 2.12. The smallest absolute Gasteiger partial charge is 0.257 e. The zero-order valence-electron chi connectivity index (χ0n) is 15.1. The standard InChI is InChI=1S/C19H20BrN3O3S/c1-11(2)26-16-8-7-13(10-15(16)20)18(25)23-19(27)22-14-6-4-5-12(9-14)17(24)21-3/h4-11H,1-3H3,(H,21,24)(H2,22,23,25,27). The first-order valence-electron chi connectivity index (χ1n) is 8.21. The van der Waals surface area contributed by atoms with Crippen molar-refractivity contribution in [2.24, 2.45) is 0 Å². The van der Waals surface area contributed by atoms with Gasteiger partial charge in [-0.15, -0.1) is 0 Å². The fourth-order valence-electron chi connectivity index (χ4n) is 2.21. The van der Waals surface area contributed by atoms with E-state index in [1.54, 1.807) is 49.5 Å². The Hall–Kier alpha value is -2.45. The van der Waals surface area contributed by atoms with E-state index in [-0.39, 0.29) is 23.0 Å². The van der Waals surface area contributed by atoms with Gasteiger partial charge in [-0.1, -0.05) is 6.07 Å². The van der Waals surface area contributed by atoms with Crippen LogP contribution in [0.2, 0.25) is 0 Å². The van der Waals surface area contributed by atoms with E-state index in [2.05, 4.69) is 31.9 Å². The molecule has 0 aliphatic carbocycles. The fourth-order valence-corrected chi connectivity index (χ4v) is 2.89. The molecule has 2 rings (SSSR count). The maximum absolute atomic E-state index is 12.4. The molecule has 0 unspecified atom stereocenters. The highest BCUT2D eigenvalue weighted by molar-refractivity contribution is 9.10. The SMILES string of the molecule is CNC(=O)c1cccc(NC(=S)NC(=O)c2ccc(OC(C)C)c(Br)c2)c1. The quantitative estimate of drug-likeness (QED) is 0.606. The highest BCUT2D eigenvalue weighted by atomic mass is 79.9. The van der Waals surface area contributed by atoms with E-state index in [0.717, 1.165) is 0 Å². The van der Waals surface area contributed by atoms with Crippen LogP contribution in [0.15, 0.2) is 46.9 Å². The lowest BCUT2D eigenvalue weighted by molar-refractivity contribution is 0.0959. The largest absolute Gasteiger partial charge is 0.490 e. The Morgan fingerprint density at radius 3 is 2.41 bits per heavy atom. The van der Waals surface area contributed by atoms with Crippen molar-refractivity contribution in [3.8, 4) is 5.75 Å². The van der Waals surface area contributed by atoms with Crippen molar-refractivity contribution in [3.05, 3.63) is 58.1 Å². The van der Waals surface area contributed by atoms with E-state index in [4.69, 9.17) is 17.0 Å². The van der Waals surface area contributed by atoms with Gasteiger partial charge in [-0.25, -0.2) is 0 Å². The van der Waals surface area contributed by atoms with Gasteiger partial charge in [0.2, 0.25) is 0 Å². The molecule has 27 heavy (non-hydrogen) atoms. The fraction of sp³-hybridized carbons (Fsp3) is 0.211. The van der Waals surface area contributed by atoms with Crippen LogP contribution in [0.3, 0.4) is 0 Å². The van der Waals surface area contributed by atoms with E-state index >= 15 is 0 Å². The summed E-state index contributed by atoms with van der Waals surface area (Å²) >= 11 is 8.59. The maximum atomic E-state index is 12.4. The van der Waals surface area contributed by atoms with E-state index in [9.17, 15) is 9.59 Å². The molecule has 2 amide bonds. The van der Waals surface area contributed by atoms with Crippen molar-refractivity contribution in [2.75, 3.05) is 12.4 Å². The predicted molar refractivity (Wildman–Crippen MR) is 113 cm³/mol. The molecule has 8 heteroatoms. The number of hydrogen-bond acceptors (Lipinski definition) is 4. The summed E-state index contributed by atoms with van der Waals surface area (Å²) in [5.41, 5.74) is 1.52. The molecular weight excluding hydrogens is 430 g/mol. The topological polar surface area (TPSA) is 79.5 Å². The number of thiocarbonyl (C=S) groups is 1. The van der Waals surface area contributed by atoms with Gasteiger partial charge in [0.1, 0.15) is 5.75 Å². The summed E-state index contributed by atoms with van der Waals surface area (Å²) in [6.07, 6.45) is 0.0308. The molecule has 0 aliphatic heterocycles. The van der Waals surface area contributed by atoms with Crippen LogP contribution in [0.4, 0.5) is 5.69 Å². The molecule has 6 nitrogen and oxygen atoms in total. The summed E-state index contributed by atoms with van der Waals surface area (Å²) in [6.45, 7) is 3.85. The van der Waals surface area contributed by atoms with Gasteiger partial charge in [0.05, 0.1) is 10.6 Å². The molecule has 0 bridgehead atoms. The number of rotatable bonds is 5. The number of ether oxygens (including phenoxy) is 1. The Bertz CT molecular complexity index is 871. The lowest BCUT2D eigenvalue weighted by Crippen LogP contribution is -2.34. The van der Waals surface area contributed by atoms with Gasteiger partial charge in [0, 0.05) is 23.9 Å². The average molecular weight is 450 g/mol. The van der Waals surface area contributed by atoms with Gasteiger partial charge in [0.15, 0.2) is 5.11 Å². The Kier molecular flexibility index (Phi) is 7.32. The van der Waals surface area contributed by atoms with Gasteiger partial charge in [-0.2, -0.15) is 0 Å². The normalized spacial score (nSPS) is 10.3. The third kappa shape index (κ3) is 6.04. The number of anilines is 1.